The summed E-state index contributed by atoms with van der Waals surface area (Å²) in [6.45, 7) is 5.59. The molecule has 1 aromatic carbocycles. The second kappa shape index (κ2) is 10.4. The van der Waals surface area contributed by atoms with Crippen LogP contribution < -0.4 is 15.4 Å². The molecule has 0 fully saturated rings. The van der Waals surface area contributed by atoms with Crippen molar-refractivity contribution in [2.75, 3.05) is 20.6 Å². The molecule has 0 saturated heterocycles. The number of nitrogens with zero attached hydrogens (tertiary/aromatic N) is 1. The first-order valence-electron chi connectivity index (χ1n) is 8.29. The summed E-state index contributed by atoms with van der Waals surface area (Å²) in [5.41, 5.74) is 0.855. The number of hydrogen-bond donors (Lipinski definition) is 3. The minimum atomic E-state index is -3.44. The van der Waals surface area contributed by atoms with Crippen LogP contribution in [0.4, 0.5) is 0 Å². The number of nitrogens with one attached hydrogen (secondary N) is 3. The van der Waals surface area contributed by atoms with Gasteiger partial charge in [-0.2, -0.15) is 0 Å². The maximum absolute atomic E-state index is 11.9. The maximum Gasteiger partial charge on any atom is 0.240 e. The lowest BCUT2D eigenvalue weighted by Crippen LogP contribution is -2.42. The topological polar surface area (TPSA) is 82.6 Å². The van der Waals surface area contributed by atoms with Crippen LogP contribution in [0, 0.1) is 0 Å². The van der Waals surface area contributed by atoms with Crippen LogP contribution in [0.2, 0.25) is 0 Å². The first-order valence-corrected chi connectivity index (χ1v) is 10.7. The van der Waals surface area contributed by atoms with Crippen molar-refractivity contribution >= 4 is 51.3 Å². The summed E-state index contributed by atoms with van der Waals surface area (Å²) >= 11 is 1.74. The Kier molecular flexibility index (Phi) is 9.19. The third-order valence-electron chi connectivity index (χ3n) is 4.05. The van der Waals surface area contributed by atoms with Crippen LogP contribution >= 0.6 is 35.3 Å². The van der Waals surface area contributed by atoms with Gasteiger partial charge in [-0.3, -0.25) is 4.99 Å². The zero-order chi connectivity index (χ0) is 19.2. The van der Waals surface area contributed by atoms with Gasteiger partial charge in [-0.1, -0.05) is 32.0 Å². The van der Waals surface area contributed by atoms with Crippen molar-refractivity contribution < 1.29 is 8.42 Å². The SMILES string of the molecule is CN=C(NCc1cccc(S(=O)(=O)NC)c1)NCC(C)(C)c1cccs1.I. The predicted molar refractivity (Wildman–Crippen MR) is 124 cm³/mol. The molecule has 0 atom stereocenters. The molecule has 0 unspecified atom stereocenters. The molecule has 0 bridgehead atoms. The average Bonchev–Trinajstić information content (AvgIpc) is 3.18. The summed E-state index contributed by atoms with van der Waals surface area (Å²) < 4.78 is 26.1. The molecular formula is C18H27IN4O2S2. The highest BCUT2D eigenvalue weighted by Crippen LogP contribution is 2.26. The van der Waals surface area contributed by atoms with E-state index in [1.165, 1.54) is 11.9 Å². The maximum atomic E-state index is 11.9. The van der Waals surface area contributed by atoms with E-state index in [-0.39, 0.29) is 34.3 Å². The van der Waals surface area contributed by atoms with E-state index >= 15 is 0 Å². The van der Waals surface area contributed by atoms with Crippen LogP contribution in [0.15, 0.2) is 51.7 Å². The van der Waals surface area contributed by atoms with Crippen molar-refractivity contribution in [3.63, 3.8) is 0 Å². The highest BCUT2D eigenvalue weighted by molar-refractivity contribution is 14.0. The fraction of sp³-hybridized carbons (Fsp3) is 0.389. The van der Waals surface area contributed by atoms with Gasteiger partial charge in [-0.05, 0) is 36.2 Å². The highest BCUT2D eigenvalue weighted by atomic mass is 127. The average molecular weight is 522 g/mol. The van der Waals surface area contributed by atoms with Crippen molar-refractivity contribution in [2.24, 2.45) is 4.99 Å². The summed E-state index contributed by atoms with van der Waals surface area (Å²) in [6, 6.07) is 11.0. The first-order chi connectivity index (χ1) is 12.3. The van der Waals surface area contributed by atoms with Crippen molar-refractivity contribution in [3.05, 3.63) is 52.2 Å². The molecule has 0 spiro atoms. The van der Waals surface area contributed by atoms with E-state index in [4.69, 9.17) is 0 Å². The van der Waals surface area contributed by atoms with E-state index in [1.54, 1.807) is 36.6 Å². The Balaban J connectivity index is 0.00000364. The van der Waals surface area contributed by atoms with Gasteiger partial charge >= 0.3 is 0 Å². The fourth-order valence-electron chi connectivity index (χ4n) is 2.40. The molecule has 1 heterocycles. The Labute approximate surface area is 182 Å². The summed E-state index contributed by atoms with van der Waals surface area (Å²) in [4.78, 5) is 5.80. The molecule has 0 saturated carbocycles. The Hall–Kier alpha value is -1.17. The van der Waals surface area contributed by atoms with Crippen LogP contribution in [-0.2, 0) is 22.0 Å². The standard InChI is InChI=1S/C18H26N4O2S2.HI/c1-18(2,16-9-6-10-25-16)13-22-17(19-3)21-12-14-7-5-8-15(11-14)26(23,24)20-4;/h5-11,20H,12-13H2,1-4H3,(H2,19,21,22);1H. The van der Waals surface area contributed by atoms with Gasteiger partial charge in [0.2, 0.25) is 10.0 Å². The molecule has 0 aliphatic carbocycles. The number of rotatable bonds is 7. The summed E-state index contributed by atoms with van der Waals surface area (Å²) in [5, 5.41) is 8.65. The third kappa shape index (κ3) is 6.74. The molecule has 0 aliphatic heterocycles. The zero-order valence-electron chi connectivity index (χ0n) is 15.9. The van der Waals surface area contributed by atoms with Crippen LogP contribution in [0.25, 0.3) is 0 Å². The zero-order valence-corrected chi connectivity index (χ0v) is 19.9. The molecular weight excluding hydrogens is 495 g/mol. The number of benzene rings is 1. The Morgan fingerprint density at radius 3 is 2.52 bits per heavy atom. The van der Waals surface area contributed by atoms with Crippen molar-refractivity contribution in [1.82, 2.24) is 15.4 Å². The normalized spacial score (nSPS) is 12.4. The Morgan fingerprint density at radius 2 is 1.93 bits per heavy atom. The van der Waals surface area contributed by atoms with Gasteiger partial charge in [0.25, 0.3) is 0 Å². The largest absolute Gasteiger partial charge is 0.356 e. The Bertz CT molecular complexity index is 850. The molecule has 150 valence electrons. The number of halogens is 1. The van der Waals surface area contributed by atoms with Crippen molar-refractivity contribution in [3.8, 4) is 0 Å². The monoisotopic (exact) mass is 522 g/mol. The second-order valence-corrected chi connectivity index (χ2v) is 9.33. The van der Waals surface area contributed by atoms with Gasteiger partial charge in [0.15, 0.2) is 5.96 Å². The molecule has 0 aliphatic rings. The fourth-order valence-corrected chi connectivity index (χ4v) is 4.05. The summed E-state index contributed by atoms with van der Waals surface area (Å²) in [6.07, 6.45) is 0. The van der Waals surface area contributed by atoms with Crippen molar-refractivity contribution in [1.29, 1.82) is 0 Å². The molecule has 3 N–H and O–H groups in total. The number of guanidine groups is 1. The molecule has 0 amide bonds. The smallest absolute Gasteiger partial charge is 0.240 e. The van der Waals surface area contributed by atoms with E-state index in [0.717, 1.165) is 12.1 Å². The molecule has 1 aromatic heterocycles. The lowest BCUT2D eigenvalue weighted by molar-refractivity contribution is 0.518. The van der Waals surface area contributed by atoms with Gasteiger partial charge in [0, 0.05) is 30.4 Å². The lowest BCUT2D eigenvalue weighted by Gasteiger charge is -2.25. The predicted octanol–water partition coefficient (Wildman–Crippen LogP) is 2.92. The van der Waals surface area contributed by atoms with Gasteiger partial charge in [0.1, 0.15) is 0 Å². The molecule has 9 heteroatoms. The van der Waals surface area contributed by atoms with Crippen LogP contribution in [0.3, 0.4) is 0 Å². The summed E-state index contributed by atoms with van der Waals surface area (Å²) in [5.74, 6) is 0.677. The van der Waals surface area contributed by atoms with Crippen LogP contribution in [-0.4, -0.2) is 35.0 Å². The second-order valence-electron chi connectivity index (χ2n) is 6.50. The molecule has 2 rings (SSSR count). The van der Waals surface area contributed by atoms with E-state index in [2.05, 4.69) is 51.7 Å². The van der Waals surface area contributed by atoms with Gasteiger partial charge in [-0.25, -0.2) is 13.1 Å². The minimum absolute atomic E-state index is 0. The number of thiophene rings is 1. The van der Waals surface area contributed by atoms with E-state index in [9.17, 15) is 8.42 Å². The highest BCUT2D eigenvalue weighted by Gasteiger charge is 2.22. The van der Waals surface area contributed by atoms with Crippen LogP contribution in [0.5, 0.6) is 0 Å². The van der Waals surface area contributed by atoms with Gasteiger partial charge in [-0.15, -0.1) is 35.3 Å². The Morgan fingerprint density at radius 1 is 1.19 bits per heavy atom. The molecule has 27 heavy (non-hydrogen) atoms. The van der Waals surface area contributed by atoms with Gasteiger partial charge < -0.3 is 10.6 Å². The molecule has 0 radical (unpaired) electrons. The third-order valence-corrected chi connectivity index (χ3v) is 6.69. The number of aliphatic imine (C=N–C) groups is 1. The van der Waals surface area contributed by atoms with E-state index in [0.29, 0.717) is 12.5 Å². The van der Waals surface area contributed by atoms with E-state index < -0.39 is 10.0 Å². The number of sulfonamides is 1. The summed E-state index contributed by atoms with van der Waals surface area (Å²) in [7, 11) is -0.320. The number of hydrogen-bond acceptors (Lipinski definition) is 4. The molecule has 2 aromatic rings. The lowest BCUT2D eigenvalue weighted by atomic mass is 9.91. The van der Waals surface area contributed by atoms with Crippen LogP contribution in [0.1, 0.15) is 24.3 Å². The van der Waals surface area contributed by atoms with E-state index in [1.807, 2.05) is 6.07 Å². The van der Waals surface area contributed by atoms with Gasteiger partial charge in [0.05, 0.1) is 4.90 Å². The molecule has 6 nitrogen and oxygen atoms in total. The quantitative estimate of drug-likeness (QED) is 0.297. The van der Waals surface area contributed by atoms with Crippen molar-refractivity contribution in [2.45, 2.75) is 30.7 Å². The minimum Gasteiger partial charge on any atom is -0.356 e. The first kappa shape index (κ1) is 23.9.